The molecule has 0 fully saturated rings. The fourth-order valence-corrected chi connectivity index (χ4v) is 2.97. The molecule has 0 heterocycles. The van der Waals surface area contributed by atoms with Gasteiger partial charge in [0.15, 0.2) is 0 Å². The largest absolute Gasteiger partial charge is 0.348 e. The molecule has 8 heteroatoms. The Hall–Kier alpha value is -2.90. The molecule has 0 saturated carbocycles. The molecule has 7 nitrogen and oxygen atoms in total. The summed E-state index contributed by atoms with van der Waals surface area (Å²) < 4.78 is 0. The lowest BCUT2D eigenvalue weighted by molar-refractivity contribution is -0.124. The Kier molecular flexibility index (Phi) is 8.83. The van der Waals surface area contributed by atoms with Gasteiger partial charge >= 0.3 is 0 Å². The molecule has 0 aliphatic rings. The Balaban J connectivity index is 1.83. The Morgan fingerprint density at radius 2 is 1.43 bits per heavy atom. The number of nitrogens with one attached hydrogen (secondary N) is 3. The van der Waals surface area contributed by atoms with Crippen LogP contribution in [-0.4, -0.2) is 42.3 Å². The van der Waals surface area contributed by atoms with E-state index < -0.39 is 0 Å². The highest BCUT2D eigenvalue weighted by Crippen LogP contribution is 2.16. The number of rotatable bonds is 9. The lowest BCUT2D eigenvalue weighted by Crippen LogP contribution is -2.41. The van der Waals surface area contributed by atoms with E-state index in [2.05, 4.69) is 16.0 Å². The summed E-state index contributed by atoms with van der Waals surface area (Å²) in [5.41, 5.74) is 2.23. The highest BCUT2D eigenvalue weighted by Gasteiger charge is 2.15. The number of carbonyl (C=O) groups is 3. The first-order chi connectivity index (χ1) is 14.3. The molecule has 0 aliphatic heterocycles. The van der Waals surface area contributed by atoms with Gasteiger partial charge in [0, 0.05) is 23.3 Å². The molecule has 3 N–H and O–H groups in total. The Bertz CT molecular complexity index is 869. The first-order valence-electron chi connectivity index (χ1n) is 9.71. The summed E-state index contributed by atoms with van der Waals surface area (Å²) in [6, 6.07) is 14.0. The summed E-state index contributed by atoms with van der Waals surface area (Å²) in [5.74, 6) is -0.538. The van der Waals surface area contributed by atoms with Crippen molar-refractivity contribution in [3.8, 4) is 0 Å². The van der Waals surface area contributed by atoms with E-state index in [0.29, 0.717) is 22.9 Å². The van der Waals surface area contributed by atoms with Crippen LogP contribution in [0.15, 0.2) is 48.5 Å². The van der Waals surface area contributed by atoms with Crippen LogP contribution in [0.5, 0.6) is 0 Å². The minimum absolute atomic E-state index is 0.0900. The maximum Gasteiger partial charge on any atom is 0.238 e. The molecule has 2 aromatic carbocycles. The van der Waals surface area contributed by atoms with Gasteiger partial charge < -0.3 is 16.0 Å². The van der Waals surface area contributed by atoms with Gasteiger partial charge in [-0.25, -0.2) is 0 Å². The van der Waals surface area contributed by atoms with Crippen LogP contribution in [0.2, 0.25) is 5.02 Å². The zero-order chi connectivity index (χ0) is 22.1. The first-order valence-corrected chi connectivity index (χ1v) is 10.1. The summed E-state index contributed by atoms with van der Waals surface area (Å²) in [7, 11) is 0. The molecule has 0 radical (unpaired) electrons. The number of benzene rings is 2. The zero-order valence-electron chi connectivity index (χ0n) is 17.4. The van der Waals surface area contributed by atoms with Crippen molar-refractivity contribution in [2.24, 2.45) is 0 Å². The van der Waals surface area contributed by atoms with Crippen LogP contribution in [0.1, 0.15) is 32.4 Å². The summed E-state index contributed by atoms with van der Waals surface area (Å²) in [4.78, 5) is 37.5. The van der Waals surface area contributed by atoms with Crippen molar-refractivity contribution < 1.29 is 14.4 Å². The van der Waals surface area contributed by atoms with E-state index in [1.54, 1.807) is 41.3 Å². The predicted molar refractivity (Wildman–Crippen MR) is 119 cm³/mol. The van der Waals surface area contributed by atoms with E-state index in [4.69, 9.17) is 11.6 Å². The lowest BCUT2D eigenvalue weighted by atomic mass is 10.1. The maximum atomic E-state index is 12.4. The highest BCUT2D eigenvalue weighted by molar-refractivity contribution is 6.30. The van der Waals surface area contributed by atoms with Crippen LogP contribution in [0.4, 0.5) is 11.4 Å². The quantitative estimate of drug-likeness (QED) is 0.568. The second-order valence-electron chi connectivity index (χ2n) is 6.95. The average Bonchev–Trinajstić information content (AvgIpc) is 2.69. The molecule has 30 heavy (non-hydrogen) atoms. The molecule has 160 valence electrons. The van der Waals surface area contributed by atoms with Crippen molar-refractivity contribution in [2.75, 3.05) is 30.3 Å². The van der Waals surface area contributed by atoms with Crippen LogP contribution in [0, 0.1) is 0 Å². The van der Waals surface area contributed by atoms with Gasteiger partial charge in [-0.3, -0.25) is 19.3 Å². The molecule has 2 rings (SSSR count). The lowest BCUT2D eigenvalue weighted by Gasteiger charge is -2.21. The van der Waals surface area contributed by atoms with Crippen LogP contribution < -0.4 is 16.0 Å². The third-order valence-corrected chi connectivity index (χ3v) is 4.67. The topological polar surface area (TPSA) is 90.5 Å². The van der Waals surface area contributed by atoms with Gasteiger partial charge in [-0.05, 0) is 55.4 Å². The molecule has 1 atom stereocenters. The van der Waals surface area contributed by atoms with Crippen molar-refractivity contribution >= 4 is 40.7 Å². The number of nitrogens with zero attached hydrogens (tertiary/aromatic N) is 1. The van der Waals surface area contributed by atoms with Crippen molar-refractivity contribution in [3.63, 3.8) is 0 Å². The van der Waals surface area contributed by atoms with Crippen LogP contribution >= 0.6 is 11.6 Å². The molecular formula is C22H27ClN4O3. The maximum absolute atomic E-state index is 12.4. The minimum Gasteiger partial charge on any atom is -0.348 e. The minimum atomic E-state index is -0.220. The van der Waals surface area contributed by atoms with E-state index in [9.17, 15) is 14.4 Å². The number of likely N-dealkylation sites (N-methyl/N-ethyl adjacent to an activating group) is 1. The summed E-state index contributed by atoms with van der Waals surface area (Å²) >= 11 is 5.90. The normalized spacial score (nSPS) is 11.6. The number of hydrogen-bond acceptors (Lipinski definition) is 4. The number of amides is 3. The standard InChI is InChI=1S/C22H27ClN4O3/c1-4-27(13-21(29)24-15(2)17-5-7-18(23)8-6-17)14-22(30)26-20-11-9-19(10-12-20)25-16(3)28/h5-12,15H,4,13-14H2,1-3H3,(H,24,29)(H,25,28)(H,26,30). The molecule has 0 aliphatic carbocycles. The van der Waals surface area contributed by atoms with Gasteiger partial charge in [0.1, 0.15) is 0 Å². The third kappa shape index (κ3) is 7.85. The fraction of sp³-hybridized carbons (Fsp3) is 0.318. The summed E-state index contributed by atoms with van der Waals surface area (Å²) in [5, 5.41) is 9.04. The van der Waals surface area contributed by atoms with Gasteiger partial charge in [0.2, 0.25) is 17.7 Å². The van der Waals surface area contributed by atoms with Gasteiger partial charge in [-0.1, -0.05) is 30.7 Å². The van der Waals surface area contributed by atoms with Crippen LogP contribution in [0.25, 0.3) is 0 Å². The third-order valence-electron chi connectivity index (χ3n) is 4.42. The molecule has 1 unspecified atom stereocenters. The average molecular weight is 431 g/mol. The zero-order valence-corrected chi connectivity index (χ0v) is 18.1. The van der Waals surface area contributed by atoms with Crippen molar-refractivity contribution in [3.05, 3.63) is 59.1 Å². The smallest absolute Gasteiger partial charge is 0.238 e. The molecule has 3 amide bonds. The first kappa shape index (κ1) is 23.4. The molecule has 0 bridgehead atoms. The van der Waals surface area contributed by atoms with Crippen molar-refractivity contribution in [1.82, 2.24) is 10.2 Å². The van der Waals surface area contributed by atoms with Crippen LogP contribution in [0.3, 0.4) is 0 Å². The number of carbonyl (C=O) groups excluding carboxylic acids is 3. The Morgan fingerprint density at radius 1 is 0.900 bits per heavy atom. The second kappa shape index (κ2) is 11.3. The summed E-state index contributed by atoms with van der Waals surface area (Å²) in [6.45, 7) is 5.98. The fourth-order valence-electron chi connectivity index (χ4n) is 2.85. The summed E-state index contributed by atoms with van der Waals surface area (Å²) in [6.07, 6.45) is 0. The van der Waals surface area contributed by atoms with E-state index in [-0.39, 0.29) is 36.9 Å². The van der Waals surface area contributed by atoms with E-state index in [1.165, 1.54) is 6.92 Å². The second-order valence-corrected chi connectivity index (χ2v) is 7.39. The predicted octanol–water partition coefficient (Wildman–Crippen LogP) is 3.44. The van der Waals surface area contributed by atoms with E-state index >= 15 is 0 Å². The van der Waals surface area contributed by atoms with Gasteiger partial charge in [-0.15, -0.1) is 0 Å². The highest BCUT2D eigenvalue weighted by atomic mass is 35.5. The molecule has 0 spiro atoms. The van der Waals surface area contributed by atoms with E-state index in [1.807, 2.05) is 26.0 Å². The van der Waals surface area contributed by atoms with Crippen LogP contribution in [-0.2, 0) is 14.4 Å². The van der Waals surface area contributed by atoms with Crippen molar-refractivity contribution in [1.29, 1.82) is 0 Å². The van der Waals surface area contributed by atoms with Gasteiger partial charge in [0.05, 0.1) is 19.1 Å². The van der Waals surface area contributed by atoms with Gasteiger partial charge in [0.25, 0.3) is 0 Å². The molecular weight excluding hydrogens is 404 g/mol. The Labute approximate surface area is 181 Å². The number of halogens is 1. The number of hydrogen-bond donors (Lipinski definition) is 3. The Morgan fingerprint density at radius 3 is 1.97 bits per heavy atom. The van der Waals surface area contributed by atoms with E-state index in [0.717, 1.165) is 5.56 Å². The molecule has 0 aromatic heterocycles. The van der Waals surface area contributed by atoms with Crippen molar-refractivity contribution in [2.45, 2.75) is 26.8 Å². The van der Waals surface area contributed by atoms with Gasteiger partial charge in [-0.2, -0.15) is 0 Å². The SMILES string of the molecule is CCN(CC(=O)Nc1ccc(NC(C)=O)cc1)CC(=O)NC(C)c1ccc(Cl)cc1. The monoisotopic (exact) mass is 430 g/mol. The molecule has 2 aromatic rings. The number of anilines is 2. The molecule has 0 saturated heterocycles.